The van der Waals surface area contributed by atoms with Crippen LogP contribution in [0.5, 0.6) is 5.75 Å². The maximum atomic E-state index is 13.3. The average Bonchev–Trinajstić information content (AvgIpc) is 2.75. The maximum absolute atomic E-state index is 13.3. The predicted molar refractivity (Wildman–Crippen MR) is 124 cm³/mol. The number of Topliss-reactive ketones (excluding diaryl/α,β-unsaturated/α-hetero) is 1. The minimum Gasteiger partial charge on any atom is -0.478 e. The molecule has 3 aromatic carbocycles. The molecule has 156 valence electrons. The lowest BCUT2D eigenvalue weighted by molar-refractivity contribution is 0.0920. The van der Waals surface area contributed by atoms with Gasteiger partial charge in [0.1, 0.15) is 5.58 Å². The van der Waals surface area contributed by atoms with E-state index in [2.05, 4.69) is 0 Å². The molecule has 0 aliphatic rings. The lowest BCUT2D eigenvalue weighted by Gasteiger charge is -2.12. The third kappa shape index (κ3) is 4.36. The second kappa shape index (κ2) is 8.58. The number of ether oxygens (including phenoxy) is 1. The SMILES string of the molecule is Cc1cc2oc(-c3ccc(Cl)cc3)c(OCC(=O)c3ccc(Cl)cc3)c(=O)c2cc1C. The van der Waals surface area contributed by atoms with Crippen molar-refractivity contribution >= 4 is 40.0 Å². The van der Waals surface area contributed by atoms with Gasteiger partial charge in [-0.25, -0.2) is 0 Å². The molecule has 1 heterocycles. The first-order chi connectivity index (χ1) is 14.8. The fraction of sp³-hybridized carbons (Fsp3) is 0.120. The second-order valence-electron chi connectivity index (χ2n) is 7.25. The Kier molecular flexibility index (Phi) is 5.86. The summed E-state index contributed by atoms with van der Waals surface area (Å²) in [6.45, 7) is 3.56. The van der Waals surface area contributed by atoms with Gasteiger partial charge < -0.3 is 9.15 Å². The Morgan fingerprint density at radius 3 is 2.13 bits per heavy atom. The van der Waals surface area contributed by atoms with Gasteiger partial charge in [0.25, 0.3) is 0 Å². The Morgan fingerprint density at radius 2 is 1.48 bits per heavy atom. The predicted octanol–water partition coefficient (Wildman–Crippen LogP) is 6.65. The van der Waals surface area contributed by atoms with Crippen molar-refractivity contribution in [2.75, 3.05) is 6.61 Å². The summed E-state index contributed by atoms with van der Waals surface area (Å²) in [5, 5.41) is 1.48. The van der Waals surface area contributed by atoms with Gasteiger partial charge in [-0.1, -0.05) is 23.2 Å². The van der Waals surface area contributed by atoms with Crippen molar-refractivity contribution < 1.29 is 13.9 Å². The highest BCUT2D eigenvalue weighted by atomic mass is 35.5. The van der Waals surface area contributed by atoms with Gasteiger partial charge in [0.15, 0.2) is 18.2 Å². The van der Waals surface area contributed by atoms with Gasteiger partial charge in [0.05, 0.1) is 5.39 Å². The van der Waals surface area contributed by atoms with Crippen LogP contribution in [0.3, 0.4) is 0 Å². The number of carbonyl (C=O) groups excluding carboxylic acids is 1. The number of halogens is 2. The number of ketones is 1. The lowest BCUT2D eigenvalue weighted by atomic mass is 10.0. The molecule has 0 bridgehead atoms. The fourth-order valence-corrected chi connectivity index (χ4v) is 3.46. The number of hydrogen-bond acceptors (Lipinski definition) is 4. The van der Waals surface area contributed by atoms with E-state index in [9.17, 15) is 9.59 Å². The van der Waals surface area contributed by atoms with E-state index < -0.39 is 0 Å². The molecule has 4 aromatic rings. The first-order valence-corrected chi connectivity index (χ1v) is 10.3. The molecule has 0 aliphatic heterocycles. The summed E-state index contributed by atoms with van der Waals surface area (Å²) in [5.41, 5.74) is 3.14. The molecule has 0 atom stereocenters. The monoisotopic (exact) mass is 452 g/mol. The van der Waals surface area contributed by atoms with Crippen LogP contribution in [-0.4, -0.2) is 12.4 Å². The van der Waals surface area contributed by atoms with Crippen molar-refractivity contribution in [1.29, 1.82) is 0 Å². The minimum absolute atomic E-state index is 0.0135. The van der Waals surface area contributed by atoms with Crippen LogP contribution in [0.25, 0.3) is 22.3 Å². The van der Waals surface area contributed by atoms with Crippen LogP contribution in [0.4, 0.5) is 0 Å². The van der Waals surface area contributed by atoms with Gasteiger partial charge in [-0.05, 0) is 85.6 Å². The van der Waals surface area contributed by atoms with Crippen molar-refractivity contribution in [3.8, 4) is 17.1 Å². The van der Waals surface area contributed by atoms with E-state index in [0.717, 1.165) is 11.1 Å². The van der Waals surface area contributed by atoms with Gasteiger partial charge in [0.2, 0.25) is 11.2 Å². The van der Waals surface area contributed by atoms with Crippen molar-refractivity contribution in [3.63, 3.8) is 0 Å². The normalized spacial score (nSPS) is 11.0. The number of aryl methyl sites for hydroxylation is 2. The summed E-state index contributed by atoms with van der Waals surface area (Å²) < 4.78 is 11.8. The number of hydrogen-bond donors (Lipinski definition) is 0. The molecule has 0 aliphatic carbocycles. The number of fused-ring (bicyclic) bond motifs is 1. The minimum atomic E-state index is -0.335. The first-order valence-electron chi connectivity index (χ1n) is 9.59. The molecule has 0 unspecified atom stereocenters. The van der Waals surface area contributed by atoms with Crippen molar-refractivity contribution in [2.24, 2.45) is 0 Å². The van der Waals surface area contributed by atoms with Gasteiger partial charge in [-0.2, -0.15) is 0 Å². The molecule has 0 amide bonds. The molecule has 1 aromatic heterocycles. The molecule has 0 fully saturated rings. The summed E-state index contributed by atoms with van der Waals surface area (Å²) in [4.78, 5) is 25.9. The van der Waals surface area contributed by atoms with Crippen LogP contribution in [0.2, 0.25) is 10.0 Å². The van der Waals surface area contributed by atoms with Crippen molar-refractivity contribution in [3.05, 3.63) is 97.6 Å². The van der Waals surface area contributed by atoms with Crippen LogP contribution >= 0.6 is 23.2 Å². The zero-order valence-electron chi connectivity index (χ0n) is 16.9. The Bertz CT molecular complexity index is 1340. The zero-order valence-corrected chi connectivity index (χ0v) is 18.4. The van der Waals surface area contributed by atoms with E-state index in [-0.39, 0.29) is 29.3 Å². The smallest absolute Gasteiger partial charge is 0.235 e. The Hall–Kier alpha value is -3.08. The van der Waals surface area contributed by atoms with Crippen molar-refractivity contribution in [2.45, 2.75) is 13.8 Å². The summed E-state index contributed by atoms with van der Waals surface area (Å²) >= 11 is 11.9. The molecule has 4 rings (SSSR count). The Morgan fingerprint density at radius 1 is 0.903 bits per heavy atom. The summed E-state index contributed by atoms with van der Waals surface area (Å²) in [6.07, 6.45) is 0. The van der Waals surface area contributed by atoms with E-state index in [1.54, 1.807) is 54.6 Å². The van der Waals surface area contributed by atoms with Crippen LogP contribution in [0.15, 0.2) is 69.9 Å². The molecule has 0 radical (unpaired) electrons. The molecule has 0 spiro atoms. The van der Waals surface area contributed by atoms with E-state index >= 15 is 0 Å². The van der Waals surface area contributed by atoms with E-state index in [4.69, 9.17) is 32.4 Å². The molecular weight excluding hydrogens is 435 g/mol. The summed E-state index contributed by atoms with van der Waals surface area (Å²) in [5.74, 6) is -0.0416. The molecule has 0 saturated carbocycles. The lowest BCUT2D eigenvalue weighted by Crippen LogP contribution is -2.17. The molecular formula is C25H18Cl2O4. The molecule has 31 heavy (non-hydrogen) atoms. The zero-order chi connectivity index (χ0) is 22.1. The highest BCUT2D eigenvalue weighted by Gasteiger charge is 2.20. The van der Waals surface area contributed by atoms with Crippen molar-refractivity contribution in [1.82, 2.24) is 0 Å². The first kappa shape index (κ1) is 21.2. The van der Waals surface area contributed by atoms with Gasteiger partial charge in [-0.3, -0.25) is 9.59 Å². The fourth-order valence-electron chi connectivity index (χ4n) is 3.21. The summed E-state index contributed by atoms with van der Waals surface area (Å²) in [7, 11) is 0. The average molecular weight is 453 g/mol. The Balaban J connectivity index is 1.80. The summed E-state index contributed by atoms with van der Waals surface area (Å²) in [6, 6.07) is 17.0. The molecule has 0 saturated heterocycles. The largest absolute Gasteiger partial charge is 0.478 e. The standard InChI is InChI=1S/C25H18Cl2O4/c1-14-11-20-22(12-15(14)2)31-24(17-5-9-19(27)10-6-17)25(23(20)29)30-13-21(28)16-3-7-18(26)8-4-16/h3-12H,13H2,1-2H3. The van der Waals surface area contributed by atoms with Crippen LogP contribution < -0.4 is 10.2 Å². The number of rotatable bonds is 5. The number of carbonyl (C=O) groups is 1. The van der Waals surface area contributed by atoms with Crippen LogP contribution in [0.1, 0.15) is 21.5 Å². The topological polar surface area (TPSA) is 56.5 Å². The maximum Gasteiger partial charge on any atom is 0.235 e. The molecule has 4 nitrogen and oxygen atoms in total. The van der Waals surface area contributed by atoms with E-state index in [0.29, 0.717) is 32.1 Å². The highest BCUT2D eigenvalue weighted by molar-refractivity contribution is 6.31. The van der Waals surface area contributed by atoms with E-state index in [1.807, 2.05) is 19.9 Å². The highest BCUT2D eigenvalue weighted by Crippen LogP contribution is 2.32. The van der Waals surface area contributed by atoms with Crippen LogP contribution in [-0.2, 0) is 0 Å². The van der Waals surface area contributed by atoms with Gasteiger partial charge >= 0.3 is 0 Å². The van der Waals surface area contributed by atoms with E-state index in [1.165, 1.54) is 0 Å². The second-order valence-corrected chi connectivity index (χ2v) is 8.12. The Labute approximate surface area is 189 Å². The molecule has 6 heteroatoms. The quantitative estimate of drug-likeness (QED) is 0.318. The van der Waals surface area contributed by atoms with Crippen LogP contribution in [0, 0.1) is 13.8 Å². The third-order valence-electron chi connectivity index (χ3n) is 5.09. The van der Waals surface area contributed by atoms with Gasteiger partial charge in [0, 0.05) is 21.2 Å². The third-order valence-corrected chi connectivity index (χ3v) is 5.59. The number of benzene rings is 3. The van der Waals surface area contributed by atoms with Gasteiger partial charge in [-0.15, -0.1) is 0 Å². The molecule has 0 N–H and O–H groups in total.